The predicted molar refractivity (Wildman–Crippen MR) is 118 cm³/mol. The van der Waals surface area contributed by atoms with Crippen molar-refractivity contribution in [3.05, 3.63) is 42.7 Å². The second-order valence-corrected chi connectivity index (χ2v) is 9.85. The Hall–Kier alpha value is -2.17. The lowest BCUT2D eigenvalue weighted by Crippen LogP contribution is -2.30. The molecule has 0 spiro atoms. The van der Waals surface area contributed by atoms with E-state index in [9.17, 15) is 13.2 Å². The standard InChI is InChI=1S/C20H27N5O3S2/c1-4-12-25-19(15-10-11-15)22-23-20(25)29-14-18(26)21-16-8-7-9-17(13-16)30(27,28)24(5-2)6-3/h4,7-9,13,15H,1,5-6,10-12,14H2,2-3H3,(H,21,26). The minimum absolute atomic E-state index is 0.146. The molecule has 1 saturated carbocycles. The van der Waals surface area contributed by atoms with E-state index < -0.39 is 10.0 Å². The molecular formula is C20H27N5O3S2. The van der Waals surface area contributed by atoms with Gasteiger partial charge in [0.2, 0.25) is 15.9 Å². The van der Waals surface area contributed by atoms with Crippen LogP contribution in [-0.4, -0.2) is 52.2 Å². The van der Waals surface area contributed by atoms with E-state index in [1.54, 1.807) is 32.1 Å². The zero-order valence-electron chi connectivity index (χ0n) is 17.2. The molecule has 1 aliphatic carbocycles. The molecule has 162 valence electrons. The van der Waals surface area contributed by atoms with Gasteiger partial charge in [-0.3, -0.25) is 4.79 Å². The SMILES string of the molecule is C=CCn1c(SCC(=O)Nc2cccc(S(=O)(=O)N(CC)CC)c2)nnc1C1CC1. The van der Waals surface area contributed by atoms with E-state index in [0.29, 0.717) is 36.4 Å². The minimum Gasteiger partial charge on any atom is -0.325 e. The maximum atomic E-state index is 12.7. The Morgan fingerprint density at radius 2 is 2.07 bits per heavy atom. The number of allylic oxidation sites excluding steroid dienone is 1. The molecule has 1 amide bonds. The van der Waals surface area contributed by atoms with E-state index in [1.165, 1.54) is 28.2 Å². The Kier molecular flexibility index (Phi) is 7.32. The Bertz CT molecular complexity index is 1010. The largest absolute Gasteiger partial charge is 0.325 e. The lowest BCUT2D eigenvalue weighted by molar-refractivity contribution is -0.113. The van der Waals surface area contributed by atoms with Gasteiger partial charge in [-0.1, -0.05) is 37.8 Å². The maximum Gasteiger partial charge on any atom is 0.243 e. The number of hydrogen-bond acceptors (Lipinski definition) is 6. The first-order chi connectivity index (χ1) is 14.4. The highest BCUT2D eigenvalue weighted by atomic mass is 32.2. The number of aromatic nitrogens is 3. The van der Waals surface area contributed by atoms with Crippen LogP contribution in [-0.2, 0) is 21.4 Å². The van der Waals surface area contributed by atoms with Crippen molar-refractivity contribution < 1.29 is 13.2 Å². The lowest BCUT2D eigenvalue weighted by Gasteiger charge is -2.18. The van der Waals surface area contributed by atoms with E-state index in [-0.39, 0.29) is 16.6 Å². The Balaban J connectivity index is 1.65. The molecule has 1 aromatic carbocycles. The zero-order chi connectivity index (χ0) is 21.7. The number of anilines is 1. The third kappa shape index (κ3) is 5.11. The summed E-state index contributed by atoms with van der Waals surface area (Å²) < 4.78 is 28.8. The molecule has 1 N–H and O–H groups in total. The van der Waals surface area contributed by atoms with Crippen molar-refractivity contribution in [1.82, 2.24) is 19.1 Å². The van der Waals surface area contributed by atoms with Crippen molar-refractivity contribution in [3.8, 4) is 0 Å². The third-order valence-corrected chi connectivity index (χ3v) is 7.81. The van der Waals surface area contributed by atoms with Crippen LogP contribution in [0.5, 0.6) is 0 Å². The number of carbonyl (C=O) groups is 1. The summed E-state index contributed by atoms with van der Waals surface area (Å²) in [6.45, 7) is 8.76. The van der Waals surface area contributed by atoms with Crippen LogP contribution >= 0.6 is 11.8 Å². The molecule has 1 aromatic heterocycles. The van der Waals surface area contributed by atoms with E-state index in [4.69, 9.17) is 0 Å². The number of nitrogens with one attached hydrogen (secondary N) is 1. The first-order valence-corrected chi connectivity index (χ1v) is 12.4. The monoisotopic (exact) mass is 449 g/mol. The zero-order valence-corrected chi connectivity index (χ0v) is 18.9. The van der Waals surface area contributed by atoms with Crippen LogP contribution in [0.15, 0.2) is 47.0 Å². The van der Waals surface area contributed by atoms with Crippen LogP contribution < -0.4 is 5.32 Å². The first-order valence-electron chi connectivity index (χ1n) is 9.97. The summed E-state index contributed by atoms with van der Waals surface area (Å²) in [5.41, 5.74) is 0.444. The van der Waals surface area contributed by atoms with Gasteiger partial charge in [-0.05, 0) is 31.0 Å². The number of rotatable bonds is 11. The van der Waals surface area contributed by atoms with E-state index in [2.05, 4.69) is 22.1 Å². The van der Waals surface area contributed by atoms with Gasteiger partial charge in [0, 0.05) is 31.2 Å². The van der Waals surface area contributed by atoms with Crippen molar-refractivity contribution in [2.45, 2.75) is 49.2 Å². The van der Waals surface area contributed by atoms with Crippen molar-refractivity contribution in [3.63, 3.8) is 0 Å². The van der Waals surface area contributed by atoms with E-state index in [1.807, 2.05) is 4.57 Å². The van der Waals surface area contributed by atoms with Crippen molar-refractivity contribution in [2.75, 3.05) is 24.2 Å². The van der Waals surface area contributed by atoms with Gasteiger partial charge in [0.05, 0.1) is 10.6 Å². The number of hydrogen-bond donors (Lipinski definition) is 1. The van der Waals surface area contributed by atoms with Crippen LogP contribution in [0.2, 0.25) is 0 Å². The molecule has 0 atom stereocenters. The molecule has 30 heavy (non-hydrogen) atoms. The summed E-state index contributed by atoms with van der Waals surface area (Å²) in [5, 5.41) is 12.0. The second-order valence-electron chi connectivity index (χ2n) is 6.97. The molecule has 1 aliphatic rings. The molecule has 0 aliphatic heterocycles. The summed E-state index contributed by atoms with van der Waals surface area (Å²) >= 11 is 1.31. The molecule has 0 saturated heterocycles. The highest BCUT2D eigenvalue weighted by Crippen LogP contribution is 2.40. The quantitative estimate of drug-likeness (QED) is 0.418. The number of amides is 1. The average Bonchev–Trinajstić information content (AvgIpc) is 3.49. The van der Waals surface area contributed by atoms with Crippen molar-refractivity contribution >= 4 is 33.4 Å². The van der Waals surface area contributed by atoms with Gasteiger partial charge in [-0.2, -0.15) is 4.31 Å². The minimum atomic E-state index is -3.58. The lowest BCUT2D eigenvalue weighted by atomic mass is 10.3. The molecule has 2 aromatic rings. The van der Waals surface area contributed by atoms with Gasteiger partial charge in [-0.15, -0.1) is 16.8 Å². The summed E-state index contributed by atoms with van der Waals surface area (Å²) in [6.07, 6.45) is 4.03. The van der Waals surface area contributed by atoms with E-state index in [0.717, 1.165) is 18.7 Å². The van der Waals surface area contributed by atoms with Crippen molar-refractivity contribution in [2.24, 2.45) is 0 Å². The molecule has 0 radical (unpaired) electrons. The smallest absolute Gasteiger partial charge is 0.243 e. The molecule has 0 unspecified atom stereocenters. The summed E-state index contributed by atoms with van der Waals surface area (Å²) in [4.78, 5) is 12.6. The average molecular weight is 450 g/mol. The molecule has 1 fully saturated rings. The normalized spacial score (nSPS) is 14.1. The fourth-order valence-electron chi connectivity index (χ4n) is 3.13. The summed E-state index contributed by atoms with van der Waals surface area (Å²) in [5.74, 6) is 1.31. The Morgan fingerprint density at radius 1 is 1.33 bits per heavy atom. The molecule has 8 nitrogen and oxygen atoms in total. The Morgan fingerprint density at radius 3 is 2.70 bits per heavy atom. The predicted octanol–water partition coefficient (Wildman–Crippen LogP) is 3.10. The summed E-state index contributed by atoms with van der Waals surface area (Å²) in [7, 11) is -3.58. The van der Waals surface area contributed by atoms with Crippen molar-refractivity contribution in [1.29, 1.82) is 0 Å². The fourth-order valence-corrected chi connectivity index (χ4v) is 5.38. The van der Waals surface area contributed by atoms with Gasteiger partial charge in [-0.25, -0.2) is 8.42 Å². The summed E-state index contributed by atoms with van der Waals surface area (Å²) in [6, 6.07) is 6.33. The molecule has 10 heteroatoms. The fraction of sp³-hybridized carbons (Fsp3) is 0.450. The first kappa shape index (κ1) is 22.5. The van der Waals surface area contributed by atoms with Gasteiger partial charge >= 0.3 is 0 Å². The topological polar surface area (TPSA) is 97.2 Å². The number of carbonyl (C=O) groups excluding carboxylic acids is 1. The Labute approximate surface area is 181 Å². The molecular weight excluding hydrogens is 422 g/mol. The van der Waals surface area contributed by atoms with Crippen LogP contribution in [0, 0.1) is 0 Å². The van der Waals surface area contributed by atoms with Gasteiger partial charge < -0.3 is 9.88 Å². The van der Waals surface area contributed by atoms with Crippen LogP contribution in [0.1, 0.15) is 38.4 Å². The number of sulfonamides is 1. The third-order valence-electron chi connectivity index (χ3n) is 4.79. The van der Waals surface area contributed by atoms with Gasteiger partial charge in [0.15, 0.2) is 5.16 Å². The number of nitrogens with zero attached hydrogens (tertiary/aromatic N) is 4. The number of benzene rings is 1. The molecule has 1 heterocycles. The highest BCUT2D eigenvalue weighted by molar-refractivity contribution is 7.99. The molecule has 3 rings (SSSR count). The van der Waals surface area contributed by atoms with Crippen LogP contribution in [0.4, 0.5) is 5.69 Å². The highest BCUT2D eigenvalue weighted by Gasteiger charge is 2.30. The maximum absolute atomic E-state index is 12.7. The molecule has 0 bridgehead atoms. The van der Waals surface area contributed by atoms with Crippen LogP contribution in [0.3, 0.4) is 0 Å². The van der Waals surface area contributed by atoms with Gasteiger partial charge in [0.1, 0.15) is 5.82 Å². The second kappa shape index (κ2) is 9.76. The number of thioether (sulfide) groups is 1. The van der Waals surface area contributed by atoms with Crippen LogP contribution in [0.25, 0.3) is 0 Å². The van der Waals surface area contributed by atoms with E-state index >= 15 is 0 Å². The van der Waals surface area contributed by atoms with Gasteiger partial charge in [0.25, 0.3) is 0 Å².